The van der Waals surface area contributed by atoms with Crippen molar-refractivity contribution in [2.45, 2.75) is 44.8 Å². The molecule has 0 bridgehead atoms. The maximum absolute atomic E-state index is 11.9. The summed E-state index contributed by atoms with van der Waals surface area (Å²) < 4.78 is 13.1. The topological polar surface area (TPSA) is 104 Å². The lowest BCUT2D eigenvalue weighted by Gasteiger charge is -2.25. The molecule has 33 heavy (non-hydrogen) atoms. The van der Waals surface area contributed by atoms with Crippen LogP contribution in [0.1, 0.15) is 56.2 Å². The van der Waals surface area contributed by atoms with E-state index in [1.54, 1.807) is 23.0 Å². The van der Waals surface area contributed by atoms with Crippen LogP contribution >= 0.6 is 0 Å². The molecule has 0 amide bonds. The molecule has 0 spiro atoms. The first-order chi connectivity index (χ1) is 15.7. The van der Waals surface area contributed by atoms with E-state index in [1.165, 1.54) is 6.92 Å². The summed E-state index contributed by atoms with van der Waals surface area (Å²) in [6.07, 6.45) is 2.44. The van der Waals surface area contributed by atoms with Crippen LogP contribution in [-0.4, -0.2) is 34.5 Å². The summed E-state index contributed by atoms with van der Waals surface area (Å²) in [5.41, 5.74) is 3.99. The van der Waals surface area contributed by atoms with Gasteiger partial charge in [-0.15, -0.1) is 0 Å². The number of carbonyl (C=O) groups is 1. The van der Waals surface area contributed by atoms with Crippen molar-refractivity contribution >= 4 is 27.7 Å². The molecule has 0 aliphatic heterocycles. The highest BCUT2D eigenvalue weighted by Gasteiger charge is 2.27. The molecule has 4 aromatic rings. The molecular weight excluding hydrogens is 434 g/mol. The zero-order chi connectivity index (χ0) is 23.8. The fraction of sp³-hybridized carbons (Fsp3) is 0.280. The van der Waals surface area contributed by atoms with E-state index in [1.807, 2.05) is 56.3 Å². The minimum Gasteiger partial charge on any atom is -0.293 e. The Morgan fingerprint density at radius 1 is 1.12 bits per heavy atom. The monoisotopic (exact) mass is 461 g/mol. The highest BCUT2D eigenvalue weighted by atomic mass is 32.2. The lowest BCUT2D eigenvalue weighted by atomic mass is 9.94. The van der Waals surface area contributed by atoms with Crippen molar-refractivity contribution in [2.75, 3.05) is 0 Å². The number of nitrogens with two attached hydrogens (primary N) is 1. The molecule has 0 radical (unpaired) electrons. The normalized spacial score (nSPS) is 13.7. The third-order valence-corrected chi connectivity index (χ3v) is 7.05. The van der Waals surface area contributed by atoms with Crippen LogP contribution in [0.4, 0.5) is 0 Å². The van der Waals surface area contributed by atoms with E-state index in [9.17, 15) is 9.00 Å². The standard InChI is InChI=1S/C25H27N5O2S/c1-16(14-25(3,4)33(26)32)20-7-5-9-22(28-20)18-11-12-19-15-27-30(23(19)13-18)24-10-6-8-21(29-24)17(2)31/h5-13,15-16H,14,26H2,1-4H3/t16-,33?/m0/s1. The van der Waals surface area contributed by atoms with Crippen molar-refractivity contribution in [1.29, 1.82) is 0 Å². The Morgan fingerprint density at radius 2 is 1.88 bits per heavy atom. The van der Waals surface area contributed by atoms with Crippen LogP contribution in [-0.2, 0) is 11.0 Å². The zero-order valence-electron chi connectivity index (χ0n) is 19.1. The summed E-state index contributed by atoms with van der Waals surface area (Å²) in [5, 5.41) is 11.1. The van der Waals surface area contributed by atoms with Gasteiger partial charge in [0.15, 0.2) is 11.6 Å². The summed E-state index contributed by atoms with van der Waals surface area (Å²) in [6, 6.07) is 17.3. The van der Waals surface area contributed by atoms with E-state index < -0.39 is 15.7 Å². The van der Waals surface area contributed by atoms with Gasteiger partial charge < -0.3 is 0 Å². The average molecular weight is 462 g/mol. The van der Waals surface area contributed by atoms with Gasteiger partial charge in [-0.05, 0) is 56.5 Å². The number of ketones is 1. The van der Waals surface area contributed by atoms with Crippen LogP contribution in [0.15, 0.2) is 60.8 Å². The SMILES string of the molecule is CC(=O)c1cccc(-n2ncc3ccc(-c4cccc([C@@H](C)CC(C)(C)S(N)=O)n4)cc32)n1. The van der Waals surface area contributed by atoms with Gasteiger partial charge in [0.25, 0.3) is 0 Å². The summed E-state index contributed by atoms with van der Waals surface area (Å²) >= 11 is 0. The molecule has 4 rings (SSSR count). The molecule has 7 nitrogen and oxygen atoms in total. The highest BCUT2D eigenvalue weighted by molar-refractivity contribution is 7.84. The summed E-state index contributed by atoms with van der Waals surface area (Å²) in [4.78, 5) is 21.1. The quantitative estimate of drug-likeness (QED) is 0.406. The molecule has 8 heteroatoms. The van der Waals surface area contributed by atoms with E-state index in [-0.39, 0.29) is 11.7 Å². The summed E-state index contributed by atoms with van der Waals surface area (Å²) in [6.45, 7) is 7.39. The Balaban J connectivity index is 1.71. The van der Waals surface area contributed by atoms with Crippen LogP contribution in [0.25, 0.3) is 28.0 Å². The molecule has 3 aromatic heterocycles. The lowest BCUT2D eigenvalue weighted by molar-refractivity contribution is 0.101. The average Bonchev–Trinajstić information content (AvgIpc) is 3.22. The van der Waals surface area contributed by atoms with Crippen LogP contribution < -0.4 is 5.14 Å². The molecule has 3 heterocycles. The van der Waals surface area contributed by atoms with Gasteiger partial charge in [0.1, 0.15) is 5.69 Å². The number of nitrogens with zero attached hydrogens (tertiary/aromatic N) is 4. The van der Waals surface area contributed by atoms with Gasteiger partial charge in [-0.1, -0.05) is 31.2 Å². The molecular formula is C25H27N5O2S. The van der Waals surface area contributed by atoms with Gasteiger partial charge in [0.05, 0.1) is 33.1 Å². The molecule has 0 aliphatic rings. The Morgan fingerprint density at radius 3 is 2.61 bits per heavy atom. The summed E-state index contributed by atoms with van der Waals surface area (Å²) in [5.74, 6) is 0.591. The number of hydrogen-bond donors (Lipinski definition) is 1. The van der Waals surface area contributed by atoms with Gasteiger partial charge in [0.2, 0.25) is 0 Å². The number of aromatic nitrogens is 4. The Hall–Kier alpha value is -3.23. The van der Waals surface area contributed by atoms with Gasteiger partial charge in [-0.2, -0.15) is 5.10 Å². The second-order valence-electron chi connectivity index (χ2n) is 8.88. The Labute approximate surface area is 195 Å². The van der Waals surface area contributed by atoms with Crippen LogP contribution in [0.3, 0.4) is 0 Å². The number of fused-ring (bicyclic) bond motifs is 1. The molecule has 170 valence electrons. The highest BCUT2D eigenvalue weighted by Crippen LogP contribution is 2.30. The number of carbonyl (C=O) groups excluding carboxylic acids is 1. The number of hydrogen-bond acceptors (Lipinski definition) is 5. The largest absolute Gasteiger partial charge is 0.293 e. The van der Waals surface area contributed by atoms with Crippen LogP contribution in [0.5, 0.6) is 0 Å². The predicted octanol–water partition coefficient (Wildman–Crippen LogP) is 4.58. The second-order valence-corrected chi connectivity index (χ2v) is 10.6. The zero-order valence-corrected chi connectivity index (χ0v) is 20.0. The Kier molecular flexibility index (Phi) is 6.23. The van der Waals surface area contributed by atoms with Crippen LogP contribution in [0.2, 0.25) is 0 Å². The first-order valence-corrected chi connectivity index (χ1v) is 12.0. The third kappa shape index (κ3) is 4.77. The smallest absolute Gasteiger partial charge is 0.178 e. The van der Waals surface area contributed by atoms with Crippen molar-refractivity contribution in [3.05, 3.63) is 72.2 Å². The minimum atomic E-state index is -1.41. The molecule has 1 aromatic carbocycles. The van der Waals surface area contributed by atoms with Crippen LogP contribution in [0, 0.1) is 0 Å². The second kappa shape index (κ2) is 8.96. The maximum atomic E-state index is 11.9. The van der Waals surface area contributed by atoms with E-state index in [4.69, 9.17) is 10.1 Å². The van der Waals surface area contributed by atoms with Gasteiger partial charge in [-0.25, -0.2) is 13.9 Å². The number of pyridine rings is 2. The molecule has 2 N–H and O–H groups in total. The molecule has 2 atom stereocenters. The number of rotatable bonds is 7. The van der Waals surface area contributed by atoms with Crippen molar-refractivity contribution in [3.8, 4) is 17.1 Å². The van der Waals surface area contributed by atoms with Crippen molar-refractivity contribution in [2.24, 2.45) is 5.14 Å². The Bertz CT molecular complexity index is 1360. The van der Waals surface area contributed by atoms with Gasteiger partial charge >= 0.3 is 0 Å². The van der Waals surface area contributed by atoms with Crippen molar-refractivity contribution in [3.63, 3.8) is 0 Å². The van der Waals surface area contributed by atoms with Crippen molar-refractivity contribution in [1.82, 2.24) is 19.7 Å². The molecule has 1 unspecified atom stereocenters. The van der Waals surface area contributed by atoms with Gasteiger partial charge in [0, 0.05) is 23.6 Å². The third-order valence-electron chi connectivity index (χ3n) is 5.80. The minimum absolute atomic E-state index is 0.0919. The first-order valence-electron chi connectivity index (χ1n) is 10.8. The number of benzene rings is 1. The first kappa shape index (κ1) is 22.9. The fourth-order valence-corrected chi connectivity index (χ4v) is 4.32. The molecule has 0 saturated carbocycles. The number of Topliss-reactive ketones (excluding diaryl/α,β-unsaturated/α-hetero) is 1. The van der Waals surface area contributed by atoms with E-state index in [0.29, 0.717) is 17.9 Å². The lowest BCUT2D eigenvalue weighted by Crippen LogP contribution is -2.33. The van der Waals surface area contributed by atoms with E-state index in [0.717, 1.165) is 27.9 Å². The molecule has 0 aliphatic carbocycles. The van der Waals surface area contributed by atoms with Gasteiger partial charge in [-0.3, -0.25) is 14.9 Å². The van der Waals surface area contributed by atoms with Crippen molar-refractivity contribution < 1.29 is 9.00 Å². The molecule has 0 fully saturated rings. The molecule has 0 saturated heterocycles. The van der Waals surface area contributed by atoms with E-state index in [2.05, 4.69) is 17.0 Å². The fourth-order valence-electron chi connectivity index (χ4n) is 3.91. The predicted molar refractivity (Wildman–Crippen MR) is 132 cm³/mol. The van der Waals surface area contributed by atoms with E-state index >= 15 is 0 Å². The summed E-state index contributed by atoms with van der Waals surface area (Å²) in [7, 11) is -1.41. The maximum Gasteiger partial charge on any atom is 0.178 e.